The molecular weight excluding hydrogens is 594 g/mol. The largest absolute Gasteiger partial charge is 0.304 e. The van der Waals surface area contributed by atoms with Gasteiger partial charge in [0.2, 0.25) is 0 Å². The van der Waals surface area contributed by atoms with Gasteiger partial charge in [-0.15, -0.1) is 0 Å². The predicted octanol–water partition coefficient (Wildman–Crippen LogP) is 6.26. The van der Waals surface area contributed by atoms with Crippen molar-refractivity contribution in [2.24, 2.45) is 0 Å². The summed E-state index contributed by atoms with van der Waals surface area (Å²) in [7, 11) is 8.69. The van der Waals surface area contributed by atoms with Gasteiger partial charge in [-0.2, -0.15) is 0 Å². The summed E-state index contributed by atoms with van der Waals surface area (Å²) in [5.41, 5.74) is 8.25. The second-order valence-electron chi connectivity index (χ2n) is 14.7. The first kappa shape index (κ1) is 33.8. The summed E-state index contributed by atoms with van der Waals surface area (Å²) in [6.45, 7) is 15.0. The SMILES string of the molecule is Cc1cccn2c(CC(C)N(C)Cc3nc(CC(C)N(C)Cc4nc(CC(C)(C)N(C)C)n5ccccc45)n4c(C)cccc34)ncc12. The van der Waals surface area contributed by atoms with Gasteiger partial charge in [-0.25, -0.2) is 15.0 Å². The van der Waals surface area contributed by atoms with Crippen LogP contribution in [0, 0.1) is 13.8 Å². The van der Waals surface area contributed by atoms with Crippen molar-refractivity contribution in [1.29, 1.82) is 0 Å². The molecule has 0 bridgehead atoms. The van der Waals surface area contributed by atoms with Crippen molar-refractivity contribution in [3.8, 4) is 0 Å². The second kappa shape index (κ2) is 13.5. The lowest BCUT2D eigenvalue weighted by molar-refractivity contribution is 0.191. The molecule has 6 aromatic heterocycles. The van der Waals surface area contributed by atoms with Gasteiger partial charge in [-0.1, -0.05) is 18.2 Å². The Kier molecular flexibility index (Phi) is 9.48. The van der Waals surface area contributed by atoms with Crippen LogP contribution in [-0.2, 0) is 32.4 Å². The molecule has 2 atom stereocenters. The zero-order chi connectivity index (χ0) is 34.3. The standard InChI is InChI=1S/C39H53N9/c1-27-15-14-20-47-35(27)24-40-36(47)21-29(3)45(10)26-32-34-18-13-16-28(2)48(34)37(41-32)22-30(4)44(9)25-31-33-17-11-12-19-46(33)38(42-31)23-39(5,6)43(7)8/h11-20,24,29-30H,21-23,25-26H2,1-10H3. The third-order valence-electron chi connectivity index (χ3n) is 10.6. The molecule has 0 aliphatic carbocycles. The van der Waals surface area contributed by atoms with Crippen LogP contribution in [0.2, 0.25) is 0 Å². The quantitative estimate of drug-likeness (QED) is 0.148. The van der Waals surface area contributed by atoms with Crippen LogP contribution in [0.1, 0.15) is 67.8 Å². The van der Waals surface area contributed by atoms with E-state index in [-0.39, 0.29) is 11.6 Å². The van der Waals surface area contributed by atoms with Crippen LogP contribution in [0.15, 0.2) is 67.1 Å². The molecule has 0 aliphatic rings. The topological polar surface area (TPSA) is 61.6 Å². The zero-order valence-corrected chi connectivity index (χ0v) is 30.6. The highest BCUT2D eigenvalue weighted by molar-refractivity contribution is 5.55. The van der Waals surface area contributed by atoms with E-state index < -0.39 is 0 Å². The fourth-order valence-corrected chi connectivity index (χ4v) is 6.65. The van der Waals surface area contributed by atoms with E-state index in [1.165, 1.54) is 27.8 Å². The number of fused-ring (bicyclic) bond motifs is 3. The number of nitrogens with zero attached hydrogens (tertiary/aromatic N) is 9. The highest BCUT2D eigenvalue weighted by atomic mass is 15.2. The molecule has 48 heavy (non-hydrogen) atoms. The maximum atomic E-state index is 5.32. The Labute approximate surface area is 285 Å². The summed E-state index contributed by atoms with van der Waals surface area (Å²) in [4.78, 5) is 22.4. The molecule has 9 nitrogen and oxygen atoms in total. The van der Waals surface area contributed by atoms with Gasteiger partial charge in [-0.3, -0.25) is 9.80 Å². The van der Waals surface area contributed by atoms with E-state index in [9.17, 15) is 0 Å². The van der Waals surface area contributed by atoms with Crippen LogP contribution in [-0.4, -0.2) is 88.7 Å². The van der Waals surface area contributed by atoms with Crippen molar-refractivity contribution in [2.45, 2.75) is 91.5 Å². The Morgan fingerprint density at radius 2 is 1.29 bits per heavy atom. The summed E-state index contributed by atoms with van der Waals surface area (Å²) < 4.78 is 6.85. The van der Waals surface area contributed by atoms with Crippen LogP contribution >= 0.6 is 0 Å². The molecule has 0 saturated carbocycles. The Morgan fingerprint density at radius 3 is 2.00 bits per heavy atom. The minimum Gasteiger partial charge on any atom is -0.304 e. The summed E-state index contributed by atoms with van der Waals surface area (Å²) in [6.07, 6.45) is 8.84. The molecule has 0 aliphatic heterocycles. The minimum atomic E-state index is 0.00351. The number of hydrogen-bond donors (Lipinski definition) is 0. The predicted molar refractivity (Wildman–Crippen MR) is 196 cm³/mol. The van der Waals surface area contributed by atoms with E-state index in [2.05, 4.69) is 159 Å². The van der Waals surface area contributed by atoms with Crippen LogP contribution in [0.4, 0.5) is 0 Å². The normalized spacial score (nSPS) is 14.0. The fraction of sp³-hybridized carbons (Fsp3) is 0.462. The van der Waals surface area contributed by atoms with E-state index in [1.807, 2.05) is 6.20 Å². The number of hydrogen-bond acceptors (Lipinski definition) is 6. The van der Waals surface area contributed by atoms with Gasteiger partial charge in [0.25, 0.3) is 0 Å². The lowest BCUT2D eigenvalue weighted by Crippen LogP contribution is -2.40. The third-order valence-corrected chi connectivity index (χ3v) is 10.6. The molecule has 0 radical (unpaired) electrons. The molecule has 6 heterocycles. The Bertz CT molecular complexity index is 2030. The van der Waals surface area contributed by atoms with Crippen molar-refractivity contribution in [1.82, 2.24) is 42.9 Å². The first-order chi connectivity index (χ1) is 22.8. The highest BCUT2D eigenvalue weighted by Crippen LogP contribution is 2.24. The molecular formula is C39H53N9. The molecule has 6 rings (SSSR count). The van der Waals surface area contributed by atoms with Gasteiger partial charge in [0.15, 0.2) is 0 Å². The van der Waals surface area contributed by atoms with E-state index in [0.717, 1.165) is 61.2 Å². The zero-order valence-electron chi connectivity index (χ0n) is 30.6. The maximum Gasteiger partial charge on any atom is 0.115 e. The first-order valence-electron chi connectivity index (χ1n) is 17.2. The van der Waals surface area contributed by atoms with Gasteiger partial charge in [0, 0.05) is 68.1 Å². The lowest BCUT2D eigenvalue weighted by atomic mass is 9.99. The summed E-state index contributed by atoms with van der Waals surface area (Å²) in [5.74, 6) is 3.31. The van der Waals surface area contributed by atoms with Crippen LogP contribution in [0.25, 0.3) is 16.6 Å². The number of likely N-dealkylation sites (N-methyl/N-ethyl adjacent to an activating group) is 3. The lowest BCUT2D eigenvalue weighted by Gasteiger charge is -2.32. The van der Waals surface area contributed by atoms with Crippen molar-refractivity contribution >= 4 is 16.6 Å². The maximum absolute atomic E-state index is 5.32. The van der Waals surface area contributed by atoms with Gasteiger partial charge in [0.1, 0.15) is 17.5 Å². The fourth-order valence-electron chi connectivity index (χ4n) is 6.65. The molecule has 6 aromatic rings. The number of imidazole rings is 3. The van der Waals surface area contributed by atoms with Gasteiger partial charge >= 0.3 is 0 Å². The van der Waals surface area contributed by atoms with Crippen molar-refractivity contribution in [3.63, 3.8) is 0 Å². The summed E-state index contributed by atoms with van der Waals surface area (Å²) >= 11 is 0. The smallest absolute Gasteiger partial charge is 0.115 e. The van der Waals surface area contributed by atoms with Crippen LogP contribution < -0.4 is 0 Å². The molecule has 0 fully saturated rings. The number of pyridine rings is 3. The summed E-state index contributed by atoms with van der Waals surface area (Å²) in [5, 5.41) is 0. The molecule has 0 spiro atoms. The highest BCUT2D eigenvalue weighted by Gasteiger charge is 2.26. The molecule has 254 valence electrons. The van der Waals surface area contributed by atoms with Gasteiger partial charge < -0.3 is 18.1 Å². The number of aryl methyl sites for hydroxylation is 2. The van der Waals surface area contributed by atoms with E-state index in [4.69, 9.17) is 15.0 Å². The second-order valence-corrected chi connectivity index (χ2v) is 14.7. The third kappa shape index (κ3) is 6.64. The molecule has 0 amide bonds. The molecule has 0 aromatic carbocycles. The number of rotatable bonds is 13. The minimum absolute atomic E-state index is 0.00351. The van der Waals surface area contributed by atoms with E-state index in [1.54, 1.807) is 0 Å². The van der Waals surface area contributed by atoms with Crippen LogP contribution in [0.5, 0.6) is 0 Å². The van der Waals surface area contributed by atoms with Crippen LogP contribution in [0.3, 0.4) is 0 Å². The molecule has 0 saturated heterocycles. The van der Waals surface area contributed by atoms with E-state index in [0.29, 0.717) is 6.04 Å². The molecule has 9 heteroatoms. The average molecular weight is 648 g/mol. The van der Waals surface area contributed by atoms with Gasteiger partial charge in [-0.05, 0) is 106 Å². The average Bonchev–Trinajstić information content (AvgIpc) is 3.72. The molecule has 0 N–H and O–H groups in total. The summed E-state index contributed by atoms with van der Waals surface area (Å²) in [6, 6.07) is 17.7. The Hall–Kier alpha value is -4.05. The van der Waals surface area contributed by atoms with Gasteiger partial charge in [0.05, 0.1) is 34.1 Å². The van der Waals surface area contributed by atoms with Crippen molar-refractivity contribution in [2.75, 3.05) is 28.2 Å². The monoisotopic (exact) mass is 647 g/mol. The first-order valence-corrected chi connectivity index (χ1v) is 17.2. The number of aromatic nitrogens is 6. The van der Waals surface area contributed by atoms with E-state index >= 15 is 0 Å². The van der Waals surface area contributed by atoms with Crippen molar-refractivity contribution in [3.05, 3.63) is 107 Å². The Morgan fingerprint density at radius 1 is 0.688 bits per heavy atom. The van der Waals surface area contributed by atoms with Crippen molar-refractivity contribution < 1.29 is 0 Å². The molecule has 2 unspecified atom stereocenters. The Balaban J connectivity index is 1.19.